The quantitative estimate of drug-likeness (QED) is 0.125. The van der Waals surface area contributed by atoms with Gasteiger partial charge in [0.05, 0.1) is 22.1 Å². The first kappa shape index (κ1) is 35.8. The number of rotatable bonds is 11. The van der Waals surface area contributed by atoms with Crippen molar-refractivity contribution in [3.8, 4) is 44.8 Å². The average Bonchev–Trinajstić information content (AvgIpc) is 3.80. The summed E-state index contributed by atoms with van der Waals surface area (Å²) in [5.41, 5.74) is 17.5. The average molecular weight is 749 g/mol. The van der Waals surface area contributed by atoms with E-state index < -0.39 is 0 Å². The molecule has 2 heterocycles. The minimum absolute atomic E-state index is 1.10. The van der Waals surface area contributed by atoms with Crippen LogP contribution in [-0.2, 0) is 12.8 Å². The van der Waals surface area contributed by atoms with Crippen LogP contribution in [0.3, 0.4) is 0 Å². The lowest BCUT2D eigenvalue weighted by Crippen LogP contribution is -2.00. The second-order valence-electron chi connectivity index (χ2n) is 15.9. The SMILES string of the molecule is CCCCc1cc(CCCC)cc(-n2c3ccccc3c3ccc(-n4c5ccc(-c6ccccc6)cc5c5cc(-c6ccccc6)cc(-c6ccccc6)c54)cc32)c1. The van der Waals surface area contributed by atoms with Crippen molar-refractivity contribution in [2.75, 3.05) is 0 Å². The van der Waals surface area contributed by atoms with E-state index in [2.05, 4.69) is 205 Å². The number of nitrogens with zero attached hydrogens (tertiary/aromatic N) is 2. The number of aromatic nitrogens is 2. The fraction of sp³-hybridized carbons (Fsp3) is 0.143. The summed E-state index contributed by atoms with van der Waals surface area (Å²) >= 11 is 0. The van der Waals surface area contributed by atoms with E-state index in [0.29, 0.717) is 0 Å². The molecule has 58 heavy (non-hydrogen) atoms. The topological polar surface area (TPSA) is 9.86 Å². The largest absolute Gasteiger partial charge is 0.309 e. The van der Waals surface area contributed by atoms with E-state index in [4.69, 9.17) is 0 Å². The molecule has 0 aliphatic carbocycles. The molecule has 0 atom stereocenters. The van der Waals surface area contributed by atoms with Crippen molar-refractivity contribution in [1.29, 1.82) is 0 Å². The fourth-order valence-corrected chi connectivity index (χ4v) is 9.16. The zero-order chi connectivity index (χ0) is 39.0. The Kier molecular flexibility index (Phi) is 9.47. The summed E-state index contributed by atoms with van der Waals surface area (Å²) in [6.45, 7) is 4.58. The van der Waals surface area contributed by atoms with E-state index >= 15 is 0 Å². The number of benzene rings is 8. The van der Waals surface area contributed by atoms with Crippen molar-refractivity contribution in [3.05, 3.63) is 193 Å². The van der Waals surface area contributed by atoms with Gasteiger partial charge in [-0.1, -0.05) is 154 Å². The van der Waals surface area contributed by atoms with Gasteiger partial charge in [0.25, 0.3) is 0 Å². The van der Waals surface area contributed by atoms with E-state index in [1.54, 1.807) is 0 Å². The van der Waals surface area contributed by atoms with E-state index in [1.807, 2.05) is 0 Å². The molecule has 0 aliphatic rings. The molecule has 282 valence electrons. The highest BCUT2D eigenvalue weighted by Gasteiger charge is 2.21. The van der Waals surface area contributed by atoms with Crippen LogP contribution in [0.4, 0.5) is 0 Å². The third-order valence-electron chi connectivity index (χ3n) is 12.0. The van der Waals surface area contributed by atoms with Gasteiger partial charge in [0.15, 0.2) is 0 Å². The Bertz CT molecular complexity index is 3030. The van der Waals surface area contributed by atoms with Gasteiger partial charge in [-0.3, -0.25) is 0 Å². The molecular weight excluding hydrogens is 701 g/mol. The highest BCUT2D eigenvalue weighted by Crippen LogP contribution is 2.43. The number of aryl methyl sites for hydroxylation is 2. The summed E-state index contributed by atoms with van der Waals surface area (Å²) < 4.78 is 5.06. The van der Waals surface area contributed by atoms with Gasteiger partial charge < -0.3 is 9.13 Å². The molecule has 0 radical (unpaired) electrons. The monoisotopic (exact) mass is 748 g/mol. The molecule has 2 heteroatoms. The van der Waals surface area contributed by atoms with E-state index in [0.717, 1.165) is 18.5 Å². The normalized spacial score (nSPS) is 11.7. The Morgan fingerprint density at radius 3 is 1.59 bits per heavy atom. The highest BCUT2D eigenvalue weighted by atomic mass is 15.0. The molecule has 0 spiro atoms. The van der Waals surface area contributed by atoms with Crippen LogP contribution in [0, 0.1) is 0 Å². The Balaban J connectivity index is 1.29. The van der Waals surface area contributed by atoms with Crippen molar-refractivity contribution in [1.82, 2.24) is 9.13 Å². The Morgan fingerprint density at radius 2 is 0.914 bits per heavy atom. The standard InChI is InChI=1S/C56H48N2/c1-3-5-18-39-32-40(19-6-4-2)34-47(33-39)57-53-27-17-16-26-48(53)49-30-29-46(38-55(49)57)58-54-31-28-44(41-20-10-7-11-21-41)35-51(54)52-37-45(42-22-12-8-13-23-42)36-50(56(52)58)43-24-14-9-15-25-43/h7-17,20-38H,3-6,18-19H2,1-2H3. The number of hydrogen-bond donors (Lipinski definition) is 0. The predicted molar refractivity (Wildman–Crippen MR) is 249 cm³/mol. The first-order valence-corrected chi connectivity index (χ1v) is 21.1. The van der Waals surface area contributed by atoms with Crippen LogP contribution in [0.15, 0.2) is 182 Å². The highest BCUT2D eigenvalue weighted by molar-refractivity contribution is 6.17. The minimum Gasteiger partial charge on any atom is -0.309 e. The minimum atomic E-state index is 1.10. The molecule has 0 bridgehead atoms. The summed E-state index contributed by atoms with van der Waals surface area (Å²) in [4.78, 5) is 0. The Labute approximate surface area is 341 Å². The second kappa shape index (κ2) is 15.4. The van der Waals surface area contributed by atoms with Gasteiger partial charge in [-0.2, -0.15) is 0 Å². The molecule has 2 aromatic heterocycles. The second-order valence-corrected chi connectivity index (χ2v) is 15.9. The van der Waals surface area contributed by atoms with Crippen LogP contribution < -0.4 is 0 Å². The number of hydrogen-bond acceptors (Lipinski definition) is 0. The molecule has 2 nitrogen and oxygen atoms in total. The predicted octanol–water partition coefficient (Wildman–Crippen LogP) is 15.6. The van der Waals surface area contributed by atoms with Crippen molar-refractivity contribution < 1.29 is 0 Å². The molecule has 0 saturated carbocycles. The van der Waals surface area contributed by atoms with Crippen LogP contribution in [0.2, 0.25) is 0 Å². The van der Waals surface area contributed by atoms with Crippen LogP contribution in [-0.4, -0.2) is 9.13 Å². The maximum absolute atomic E-state index is 2.53. The molecule has 0 aliphatic heterocycles. The van der Waals surface area contributed by atoms with Crippen molar-refractivity contribution in [2.45, 2.75) is 52.4 Å². The zero-order valence-electron chi connectivity index (χ0n) is 33.5. The first-order valence-electron chi connectivity index (χ1n) is 21.1. The molecule has 0 N–H and O–H groups in total. The lowest BCUT2D eigenvalue weighted by molar-refractivity contribution is 0.779. The van der Waals surface area contributed by atoms with Crippen LogP contribution in [0.1, 0.15) is 50.7 Å². The number of para-hydroxylation sites is 1. The van der Waals surface area contributed by atoms with Crippen molar-refractivity contribution in [2.24, 2.45) is 0 Å². The number of fused-ring (bicyclic) bond motifs is 6. The molecule has 8 aromatic carbocycles. The van der Waals surface area contributed by atoms with Crippen molar-refractivity contribution >= 4 is 43.6 Å². The summed E-state index contributed by atoms with van der Waals surface area (Å²) in [6, 6.07) is 67.8. The molecule has 0 unspecified atom stereocenters. The summed E-state index contributed by atoms with van der Waals surface area (Å²) in [7, 11) is 0. The lowest BCUT2D eigenvalue weighted by Gasteiger charge is -2.16. The smallest absolute Gasteiger partial charge is 0.0619 e. The fourth-order valence-electron chi connectivity index (χ4n) is 9.16. The third kappa shape index (κ3) is 6.39. The third-order valence-corrected chi connectivity index (χ3v) is 12.0. The Morgan fingerprint density at radius 1 is 0.345 bits per heavy atom. The molecular formula is C56H48N2. The van der Waals surface area contributed by atoms with Gasteiger partial charge in [0.2, 0.25) is 0 Å². The zero-order valence-corrected chi connectivity index (χ0v) is 33.5. The summed E-state index contributed by atoms with van der Waals surface area (Å²) in [5, 5.41) is 5.05. The van der Waals surface area contributed by atoms with Gasteiger partial charge in [-0.15, -0.1) is 0 Å². The first-order chi connectivity index (χ1) is 28.7. The van der Waals surface area contributed by atoms with Gasteiger partial charge in [-0.25, -0.2) is 0 Å². The lowest BCUT2D eigenvalue weighted by atomic mass is 9.95. The van der Waals surface area contributed by atoms with E-state index in [-0.39, 0.29) is 0 Å². The van der Waals surface area contributed by atoms with Gasteiger partial charge in [0, 0.05) is 38.5 Å². The molecule has 10 aromatic rings. The maximum Gasteiger partial charge on any atom is 0.0619 e. The van der Waals surface area contributed by atoms with Gasteiger partial charge >= 0.3 is 0 Å². The Hall–Kier alpha value is -6.64. The number of unbranched alkanes of at least 4 members (excludes halogenated alkanes) is 2. The molecule has 10 rings (SSSR count). The summed E-state index contributed by atoms with van der Waals surface area (Å²) in [6.07, 6.45) is 6.98. The van der Waals surface area contributed by atoms with Crippen molar-refractivity contribution in [3.63, 3.8) is 0 Å². The molecule has 0 fully saturated rings. The van der Waals surface area contributed by atoms with Crippen LogP contribution in [0.5, 0.6) is 0 Å². The molecule has 0 amide bonds. The van der Waals surface area contributed by atoms with E-state index in [9.17, 15) is 0 Å². The maximum atomic E-state index is 2.53. The van der Waals surface area contributed by atoms with E-state index in [1.165, 1.54) is 119 Å². The van der Waals surface area contributed by atoms with Gasteiger partial charge in [-0.05, 0) is 119 Å². The van der Waals surface area contributed by atoms with Crippen LogP contribution >= 0.6 is 0 Å². The summed E-state index contributed by atoms with van der Waals surface area (Å²) in [5.74, 6) is 0. The van der Waals surface area contributed by atoms with Gasteiger partial charge in [0.1, 0.15) is 0 Å². The van der Waals surface area contributed by atoms with Crippen LogP contribution in [0.25, 0.3) is 88.4 Å². The molecule has 0 saturated heterocycles.